The fraction of sp³-hybridized carbons (Fsp3) is 0.310. The minimum Gasteiger partial charge on any atom is -0.496 e. The van der Waals surface area contributed by atoms with Gasteiger partial charge in [-0.2, -0.15) is 5.26 Å². The Morgan fingerprint density at radius 3 is 2.62 bits per heavy atom. The third kappa shape index (κ3) is 5.77. The topological polar surface area (TPSA) is 86.8 Å². The van der Waals surface area contributed by atoms with E-state index in [1.165, 1.54) is 7.11 Å². The van der Waals surface area contributed by atoms with E-state index in [1.807, 2.05) is 12.1 Å². The summed E-state index contributed by atoms with van der Waals surface area (Å²) >= 11 is 12.7. The molecule has 10 heteroatoms. The number of ether oxygens (including phenoxy) is 2. The molecular weight excluding hydrogens is 537 g/mol. The van der Waals surface area contributed by atoms with Crippen LogP contribution in [0.3, 0.4) is 0 Å². The van der Waals surface area contributed by atoms with Crippen molar-refractivity contribution in [2.24, 2.45) is 0 Å². The first-order chi connectivity index (χ1) is 18.9. The van der Waals surface area contributed by atoms with Gasteiger partial charge in [0.2, 0.25) is 0 Å². The zero-order valence-electron chi connectivity index (χ0n) is 22.1. The van der Waals surface area contributed by atoms with Gasteiger partial charge in [0.1, 0.15) is 23.3 Å². The van der Waals surface area contributed by atoms with Crippen LogP contribution in [0.4, 0.5) is 11.4 Å². The van der Waals surface area contributed by atoms with Crippen LogP contribution in [0, 0.1) is 11.3 Å². The number of furan rings is 1. The van der Waals surface area contributed by atoms with E-state index in [2.05, 4.69) is 39.3 Å². The fourth-order valence-electron chi connectivity index (χ4n) is 4.83. The van der Waals surface area contributed by atoms with Crippen molar-refractivity contribution in [2.45, 2.75) is 13.0 Å². The number of halogens is 2. The number of nitriles is 1. The summed E-state index contributed by atoms with van der Waals surface area (Å²) in [5.41, 5.74) is 3.90. The van der Waals surface area contributed by atoms with Crippen LogP contribution in [0.25, 0.3) is 22.0 Å². The molecule has 0 bridgehead atoms. The molecule has 5 rings (SSSR count). The maximum Gasteiger partial charge on any atom is 0.139 e. The molecule has 8 nitrogen and oxygen atoms in total. The summed E-state index contributed by atoms with van der Waals surface area (Å²) in [5, 5.41) is 14.6. The predicted octanol–water partition coefficient (Wildman–Crippen LogP) is 6.57. The molecule has 202 valence electrons. The zero-order chi connectivity index (χ0) is 27.5. The fourth-order valence-corrected chi connectivity index (χ4v) is 5.34. The Bertz CT molecular complexity index is 1550. The van der Waals surface area contributed by atoms with Gasteiger partial charge in [-0.3, -0.25) is 9.88 Å². The SMILES string of the molecule is COc1cc(Nc2c(C#N)cnc3cc(-c4coc(CN5CCCN(C)CC5)c4)c(OC)cc23)c(Cl)cc1Cl. The van der Waals surface area contributed by atoms with E-state index in [9.17, 15) is 5.26 Å². The highest BCUT2D eigenvalue weighted by Gasteiger charge is 2.19. The second kappa shape index (κ2) is 11.7. The molecular formula is C29H29Cl2N5O3. The van der Waals surface area contributed by atoms with Crippen LogP contribution in [0.5, 0.6) is 11.5 Å². The van der Waals surface area contributed by atoms with Gasteiger partial charge in [-0.05, 0) is 50.8 Å². The third-order valence-electron chi connectivity index (χ3n) is 6.97. The van der Waals surface area contributed by atoms with E-state index in [4.69, 9.17) is 37.1 Å². The van der Waals surface area contributed by atoms with Crippen LogP contribution in [-0.2, 0) is 6.54 Å². The Kier molecular flexibility index (Phi) is 8.15. The Morgan fingerprint density at radius 2 is 1.85 bits per heavy atom. The number of fused-ring (bicyclic) bond motifs is 1. The number of pyridine rings is 1. The number of benzene rings is 2. The number of nitrogens with one attached hydrogen (secondary N) is 1. The lowest BCUT2D eigenvalue weighted by atomic mass is 10.0. The molecule has 2 aromatic carbocycles. The lowest BCUT2D eigenvalue weighted by Gasteiger charge is -2.18. The number of nitrogens with zero attached hydrogens (tertiary/aromatic N) is 4. The Morgan fingerprint density at radius 1 is 1.03 bits per heavy atom. The van der Waals surface area contributed by atoms with E-state index in [0.717, 1.165) is 56.0 Å². The number of likely N-dealkylation sites (N-methyl/N-ethyl adjacent to an activating group) is 1. The summed E-state index contributed by atoms with van der Waals surface area (Å²) in [5.74, 6) is 1.99. The van der Waals surface area contributed by atoms with Crippen molar-refractivity contribution in [1.29, 1.82) is 5.26 Å². The van der Waals surface area contributed by atoms with E-state index in [0.29, 0.717) is 49.4 Å². The smallest absolute Gasteiger partial charge is 0.139 e. The van der Waals surface area contributed by atoms with Gasteiger partial charge in [0, 0.05) is 41.9 Å². The Balaban J connectivity index is 1.51. The lowest BCUT2D eigenvalue weighted by Crippen LogP contribution is -2.28. The Hall–Kier alpha value is -3.48. The molecule has 0 radical (unpaired) electrons. The molecule has 39 heavy (non-hydrogen) atoms. The predicted molar refractivity (Wildman–Crippen MR) is 154 cm³/mol. The van der Waals surface area contributed by atoms with Gasteiger partial charge in [0.15, 0.2) is 0 Å². The van der Waals surface area contributed by atoms with Crippen molar-refractivity contribution in [2.75, 3.05) is 52.8 Å². The molecule has 0 atom stereocenters. The zero-order valence-corrected chi connectivity index (χ0v) is 23.6. The van der Waals surface area contributed by atoms with Crippen molar-refractivity contribution < 1.29 is 13.9 Å². The van der Waals surface area contributed by atoms with Crippen LogP contribution in [-0.4, -0.2) is 62.2 Å². The van der Waals surface area contributed by atoms with Crippen LogP contribution in [0.2, 0.25) is 10.0 Å². The van der Waals surface area contributed by atoms with E-state index in [1.54, 1.807) is 31.7 Å². The Labute approximate surface area is 237 Å². The van der Waals surface area contributed by atoms with Gasteiger partial charge in [0.25, 0.3) is 0 Å². The molecule has 4 aromatic rings. The molecule has 0 spiro atoms. The minimum atomic E-state index is 0.357. The largest absolute Gasteiger partial charge is 0.496 e. The van der Waals surface area contributed by atoms with Crippen molar-refractivity contribution in [1.82, 2.24) is 14.8 Å². The van der Waals surface area contributed by atoms with Gasteiger partial charge < -0.3 is 24.1 Å². The van der Waals surface area contributed by atoms with Crippen LogP contribution in [0.15, 0.2) is 47.2 Å². The molecule has 0 unspecified atom stereocenters. The minimum absolute atomic E-state index is 0.357. The monoisotopic (exact) mass is 565 g/mol. The molecule has 1 N–H and O–H groups in total. The maximum absolute atomic E-state index is 9.84. The average Bonchev–Trinajstić information content (AvgIpc) is 3.30. The molecule has 0 aliphatic carbocycles. The molecule has 1 fully saturated rings. The summed E-state index contributed by atoms with van der Waals surface area (Å²) in [6.45, 7) is 4.98. The van der Waals surface area contributed by atoms with E-state index >= 15 is 0 Å². The van der Waals surface area contributed by atoms with Crippen LogP contribution in [0.1, 0.15) is 17.7 Å². The van der Waals surface area contributed by atoms with Gasteiger partial charge in [-0.25, -0.2) is 0 Å². The first-order valence-corrected chi connectivity index (χ1v) is 13.3. The van der Waals surface area contributed by atoms with E-state index < -0.39 is 0 Å². The van der Waals surface area contributed by atoms with Gasteiger partial charge in [-0.1, -0.05) is 23.2 Å². The highest BCUT2D eigenvalue weighted by atomic mass is 35.5. The summed E-state index contributed by atoms with van der Waals surface area (Å²) in [6.07, 6.45) is 4.44. The standard InChI is InChI=1S/C29H29Cl2N5O3/c1-35-5-4-6-36(8-7-35)16-20-9-18(17-39-20)21-10-25-22(11-27(21)37-2)29(19(14-32)15-33-25)34-26-13-28(38-3)24(31)12-23(26)30/h9-13,15,17H,4-8,16H2,1-3H3,(H,33,34). The van der Waals surface area contributed by atoms with Crippen molar-refractivity contribution in [3.63, 3.8) is 0 Å². The number of methoxy groups -OCH3 is 2. The summed E-state index contributed by atoms with van der Waals surface area (Å²) in [4.78, 5) is 9.34. The summed E-state index contributed by atoms with van der Waals surface area (Å²) in [6, 6.07) is 11.4. The molecule has 0 saturated carbocycles. The highest BCUT2D eigenvalue weighted by molar-refractivity contribution is 6.37. The second-order valence-corrected chi connectivity index (χ2v) is 10.4. The van der Waals surface area contributed by atoms with Gasteiger partial charge in [-0.15, -0.1) is 0 Å². The van der Waals surface area contributed by atoms with Crippen molar-refractivity contribution in [3.8, 4) is 28.7 Å². The number of aromatic nitrogens is 1. The van der Waals surface area contributed by atoms with Crippen LogP contribution < -0.4 is 14.8 Å². The number of hydrogen-bond acceptors (Lipinski definition) is 8. The third-order valence-corrected chi connectivity index (χ3v) is 7.58. The lowest BCUT2D eigenvalue weighted by molar-refractivity contribution is 0.249. The number of rotatable bonds is 7. The molecule has 0 amide bonds. The molecule has 1 saturated heterocycles. The van der Waals surface area contributed by atoms with Gasteiger partial charge in [0.05, 0.1) is 59.5 Å². The average molecular weight is 566 g/mol. The first-order valence-electron chi connectivity index (χ1n) is 12.6. The molecule has 1 aliphatic heterocycles. The molecule has 1 aliphatic rings. The first kappa shape index (κ1) is 27.1. The highest BCUT2D eigenvalue weighted by Crippen LogP contribution is 2.41. The maximum atomic E-state index is 9.84. The molecule has 3 heterocycles. The van der Waals surface area contributed by atoms with Crippen LogP contribution >= 0.6 is 23.2 Å². The second-order valence-electron chi connectivity index (χ2n) is 9.55. The molecule has 2 aromatic heterocycles. The summed E-state index contributed by atoms with van der Waals surface area (Å²) in [7, 11) is 5.31. The number of anilines is 2. The van der Waals surface area contributed by atoms with E-state index in [-0.39, 0.29) is 0 Å². The quantitative estimate of drug-likeness (QED) is 0.269. The van der Waals surface area contributed by atoms with Gasteiger partial charge >= 0.3 is 0 Å². The van der Waals surface area contributed by atoms with Crippen molar-refractivity contribution >= 4 is 45.5 Å². The number of hydrogen-bond donors (Lipinski definition) is 1. The summed E-state index contributed by atoms with van der Waals surface area (Å²) < 4.78 is 17.1. The normalized spacial score (nSPS) is 14.7. The van der Waals surface area contributed by atoms with Crippen molar-refractivity contribution in [3.05, 3.63) is 64.2 Å².